The SMILES string of the molecule is CC(=O)[C@H]1CCC2C3CC[C@H]4C[C@@H](O)CC[C@]4(C)C3CC(=O)[C@@]21C. The lowest BCUT2D eigenvalue weighted by Gasteiger charge is -2.60. The van der Waals surface area contributed by atoms with Crippen LogP contribution in [0.3, 0.4) is 0 Å². The van der Waals surface area contributed by atoms with E-state index in [2.05, 4.69) is 13.8 Å². The number of hydrogen-bond acceptors (Lipinski definition) is 3. The summed E-state index contributed by atoms with van der Waals surface area (Å²) in [6.07, 6.45) is 7.75. The van der Waals surface area contributed by atoms with E-state index in [1.54, 1.807) is 6.92 Å². The summed E-state index contributed by atoms with van der Waals surface area (Å²) in [7, 11) is 0. The van der Waals surface area contributed by atoms with Gasteiger partial charge >= 0.3 is 0 Å². The number of Topliss-reactive ketones (excluding diaryl/α,β-unsaturated/α-hetero) is 2. The van der Waals surface area contributed by atoms with Gasteiger partial charge < -0.3 is 5.11 Å². The van der Waals surface area contributed by atoms with Crippen LogP contribution in [0.15, 0.2) is 0 Å². The van der Waals surface area contributed by atoms with Crippen molar-refractivity contribution in [3.8, 4) is 0 Å². The summed E-state index contributed by atoms with van der Waals surface area (Å²) in [6, 6.07) is 0. The van der Waals surface area contributed by atoms with Gasteiger partial charge in [0.15, 0.2) is 0 Å². The van der Waals surface area contributed by atoms with Crippen LogP contribution in [0.25, 0.3) is 0 Å². The number of aliphatic hydroxyl groups excluding tert-OH is 1. The third kappa shape index (κ3) is 2.06. The van der Waals surface area contributed by atoms with E-state index in [4.69, 9.17) is 0 Å². The first-order valence-electron chi connectivity index (χ1n) is 10.00. The second-order valence-electron chi connectivity index (χ2n) is 9.74. The van der Waals surface area contributed by atoms with Crippen molar-refractivity contribution in [1.82, 2.24) is 0 Å². The Kier molecular flexibility index (Phi) is 3.77. The van der Waals surface area contributed by atoms with Crippen LogP contribution in [0.4, 0.5) is 0 Å². The molecule has 8 atom stereocenters. The van der Waals surface area contributed by atoms with Crippen molar-refractivity contribution in [3.63, 3.8) is 0 Å². The fraction of sp³-hybridized carbons (Fsp3) is 0.905. The highest BCUT2D eigenvalue weighted by Crippen LogP contribution is 2.66. The van der Waals surface area contributed by atoms with Crippen LogP contribution in [0.1, 0.15) is 72.1 Å². The molecule has 3 nitrogen and oxygen atoms in total. The largest absolute Gasteiger partial charge is 0.393 e. The summed E-state index contributed by atoms with van der Waals surface area (Å²) in [6.45, 7) is 6.18. The number of aliphatic hydroxyl groups is 1. The Morgan fingerprint density at radius 1 is 1.08 bits per heavy atom. The first kappa shape index (κ1) is 16.8. The molecule has 0 radical (unpaired) electrons. The summed E-state index contributed by atoms with van der Waals surface area (Å²) >= 11 is 0. The molecule has 4 rings (SSSR count). The summed E-state index contributed by atoms with van der Waals surface area (Å²) in [5.41, 5.74) is -0.183. The Balaban J connectivity index is 1.68. The van der Waals surface area contributed by atoms with Gasteiger partial charge in [-0.3, -0.25) is 9.59 Å². The summed E-state index contributed by atoms with van der Waals surface area (Å²) in [4.78, 5) is 25.4. The molecule has 0 saturated heterocycles. The van der Waals surface area contributed by atoms with Crippen LogP contribution in [0.2, 0.25) is 0 Å². The summed E-state index contributed by atoms with van der Waals surface area (Å²) in [5, 5.41) is 10.1. The molecule has 4 fully saturated rings. The lowest BCUT2D eigenvalue weighted by Crippen LogP contribution is -2.57. The van der Waals surface area contributed by atoms with Gasteiger partial charge in [-0.1, -0.05) is 13.8 Å². The predicted octanol–water partition coefficient (Wildman–Crippen LogP) is 3.77. The first-order valence-corrected chi connectivity index (χ1v) is 10.00. The smallest absolute Gasteiger partial charge is 0.140 e. The van der Waals surface area contributed by atoms with E-state index < -0.39 is 5.41 Å². The average molecular weight is 332 g/mol. The molecular weight excluding hydrogens is 300 g/mol. The molecule has 0 aromatic carbocycles. The number of ketones is 2. The number of hydrogen-bond donors (Lipinski definition) is 1. The molecule has 0 aromatic rings. The van der Waals surface area contributed by atoms with Gasteiger partial charge in [0.2, 0.25) is 0 Å². The van der Waals surface area contributed by atoms with Crippen LogP contribution < -0.4 is 0 Å². The van der Waals surface area contributed by atoms with Crippen molar-refractivity contribution < 1.29 is 14.7 Å². The molecular formula is C21H32O3. The van der Waals surface area contributed by atoms with Gasteiger partial charge in [-0.25, -0.2) is 0 Å². The Morgan fingerprint density at radius 3 is 2.54 bits per heavy atom. The first-order chi connectivity index (χ1) is 11.3. The molecule has 0 amide bonds. The normalized spacial score (nSPS) is 53.9. The van der Waals surface area contributed by atoms with E-state index in [9.17, 15) is 14.7 Å². The quantitative estimate of drug-likeness (QED) is 0.795. The molecule has 0 heterocycles. The predicted molar refractivity (Wildman–Crippen MR) is 92.3 cm³/mol. The molecule has 24 heavy (non-hydrogen) atoms. The molecule has 4 aliphatic rings. The maximum Gasteiger partial charge on any atom is 0.140 e. The van der Waals surface area contributed by atoms with Crippen LogP contribution in [0, 0.1) is 40.4 Å². The van der Waals surface area contributed by atoms with Crippen LogP contribution in [-0.2, 0) is 9.59 Å². The Morgan fingerprint density at radius 2 is 1.83 bits per heavy atom. The third-order valence-corrected chi connectivity index (χ3v) is 8.99. The van der Waals surface area contributed by atoms with Crippen molar-refractivity contribution in [2.45, 2.75) is 78.2 Å². The number of fused-ring (bicyclic) bond motifs is 5. The Bertz CT molecular complexity index is 569. The van der Waals surface area contributed by atoms with Crippen LogP contribution >= 0.6 is 0 Å². The standard InChI is InChI=1S/C21H32O3/c1-12(22)16-6-7-17-15-5-4-13-10-14(23)8-9-20(13,2)18(15)11-19(24)21(16,17)3/h13-18,23H,4-11H2,1-3H3/t13-,14-,15?,16+,17?,18?,20-,21+/m0/s1. The minimum absolute atomic E-state index is 0.0466. The average Bonchev–Trinajstić information content (AvgIpc) is 2.88. The zero-order chi connectivity index (χ0) is 17.3. The van der Waals surface area contributed by atoms with Crippen LogP contribution in [-0.4, -0.2) is 22.8 Å². The Hall–Kier alpha value is -0.700. The van der Waals surface area contributed by atoms with Crippen LogP contribution in [0.5, 0.6) is 0 Å². The van der Waals surface area contributed by atoms with Gasteiger partial charge in [0.25, 0.3) is 0 Å². The third-order valence-electron chi connectivity index (χ3n) is 8.99. The molecule has 134 valence electrons. The lowest BCUT2D eigenvalue weighted by atomic mass is 9.44. The zero-order valence-electron chi connectivity index (χ0n) is 15.4. The molecule has 4 saturated carbocycles. The second kappa shape index (κ2) is 5.40. The summed E-state index contributed by atoms with van der Waals surface area (Å²) < 4.78 is 0. The van der Waals surface area contributed by atoms with Crippen molar-refractivity contribution >= 4 is 11.6 Å². The molecule has 3 unspecified atom stereocenters. The van der Waals surface area contributed by atoms with Crippen molar-refractivity contribution in [3.05, 3.63) is 0 Å². The topological polar surface area (TPSA) is 54.4 Å². The van der Waals surface area contributed by atoms with Gasteiger partial charge in [0.05, 0.1) is 6.10 Å². The minimum Gasteiger partial charge on any atom is -0.393 e. The van der Waals surface area contributed by atoms with E-state index in [0.717, 1.165) is 32.1 Å². The molecule has 4 aliphatic carbocycles. The van der Waals surface area contributed by atoms with Gasteiger partial charge in [-0.05, 0) is 81.0 Å². The number of carbonyl (C=O) groups is 2. The molecule has 1 N–H and O–H groups in total. The van der Waals surface area contributed by atoms with Gasteiger partial charge in [0, 0.05) is 17.8 Å². The highest BCUT2D eigenvalue weighted by Gasteiger charge is 2.64. The maximum absolute atomic E-state index is 13.2. The van der Waals surface area contributed by atoms with Crippen molar-refractivity contribution in [1.29, 1.82) is 0 Å². The number of rotatable bonds is 1. The summed E-state index contributed by atoms with van der Waals surface area (Å²) in [5.74, 6) is 2.59. The minimum atomic E-state index is -0.398. The molecule has 0 aromatic heterocycles. The van der Waals surface area contributed by atoms with Gasteiger partial charge in [-0.15, -0.1) is 0 Å². The van der Waals surface area contributed by atoms with Crippen molar-refractivity contribution in [2.24, 2.45) is 40.4 Å². The maximum atomic E-state index is 13.2. The zero-order valence-corrected chi connectivity index (χ0v) is 15.4. The highest BCUT2D eigenvalue weighted by atomic mass is 16.3. The van der Waals surface area contributed by atoms with E-state index >= 15 is 0 Å². The molecule has 0 aliphatic heterocycles. The molecule has 0 bridgehead atoms. The number of carbonyl (C=O) groups excluding carboxylic acids is 2. The van der Waals surface area contributed by atoms with E-state index in [0.29, 0.717) is 35.9 Å². The second-order valence-corrected chi connectivity index (χ2v) is 9.74. The van der Waals surface area contributed by atoms with Gasteiger partial charge in [-0.2, -0.15) is 0 Å². The monoisotopic (exact) mass is 332 g/mol. The lowest BCUT2D eigenvalue weighted by molar-refractivity contribution is -0.161. The fourth-order valence-corrected chi connectivity index (χ4v) is 7.59. The van der Waals surface area contributed by atoms with E-state index in [-0.39, 0.29) is 23.2 Å². The molecule has 0 spiro atoms. The van der Waals surface area contributed by atoms with Crippen molar-refractivity contribution in [2.75, 3.05) is 0 Å². The fourth-order valence-electron chi connectivity index (χ4n) is 7.59. The van der Waals surface area contributed by atoms with Gasteiger partial charge in [0.1, 0.15) is 11.6 Å². The molecule has 3 heteroatoms. The van der Waals surface area contributed by atoms with E-state index in [1.165, 1.54) is 12.8 Å². The Labute approximate surface area is 145 Å². The van der Waals surface area contributed by atoms with E-state index in [1.807, 2.05) is 0 Å². The highest BCUT2D eigenvalue weighted by molar-refractivity contribution is 5.93.